The van der Waals surface area contributed by atoms with Gasteiger partial charge in [-0.1, -0.05) is 63.0 Å². The van der Waals surface area contributed by atoms with Crippen LogP contribution in [0.1, 0.15) is 26.5 Å². The number of hydrogen-bond donors (Lipinski definition) is 4. The van der Waals surface area contributed by atoms with Gasteiger partial charge in [0.05, 0.1) is 23.4 Å². The molecule has 30 heavy (non-hydrogen) atoms. The predicted octanol–water partition coefficient (Wildman–Crippen LogP) is 5.45. The fourth-order valence-corrected chi connectivity index (χ4v) is 4.34. The molecule has 0 bridgehead atoms. The number of benzene rings is 1. The average Bonchev–Trinajstić information content (AvgIpc) is 3.34. The molecule has 1 unspecified atom stereocenters. The van der Waals surface area contributed by atoms with Crippen LogP contribution < -0.4 is 10.6 Å². The molecule has 0 fully saturated rings. The van der Waals surface area contributed by atoms with E-state index >= 15 is 0 Å². The topological polar surface area (TPSA) is 68.0 Å². The van der Waals surface area contributed by atoms with Crippen LogP contribution in [0.25, 0.3) is 10.9 Å². The number of anilines is 1. The zero-order valence-electron chi connectivity index (χ0n) is 18.1. The summed E-state index contributed by atoms with van der Waals surface area (Å²) in [6, 6.07) is 14.1. The van der Waals surface area contributed by atoms with Crippen LogP contribution in [0.2, 0.25) is 0 Å². The highest BCUT2D eigenvalue weighted by Gasteiger charge is 2.22. The van der Waals surface area contributed by atoms with E-state index in [1.807, 2.05) is 43.2 Å². The van der Waals surface area contributed by atoms with Gasteiger partial charge in [-0.3, -0.25) is 4.99 Å². The maximum atomic E-state index is 4.76. The first kappa shape index (κ1) is 22.6. The van der Waals surface area contributed by atoms with Crippen molar-refractivity contribution in [3.8, 4) is 0 Å². The van der Waals surface area contributed by atoms with E-state index in [2.05, 4.69) is 65.6 Å². The van der Waals surface area contributed by atoms with Gasteiger partial charge in [0.25, 0.3) is 0 Å². The van der Waals surface area contributed by atoms with Gasteiger partial charge in [-0.2, -0.15) is 0 Å². The molecule has 4 N–H and O–H groups in total. The van der Waals surface area contributed by atoms with Crippen molar-refractivity contribution >= 4 is 45.6 Å². The zero-order chi connectivity index (χ0) is 21.6. The Hall–Kier alpha value is -2.09. The van der Waals surface area contributed by atoms with Gasteiger partial charge >= 0.3 is 0 Å². The van der Waals surface area contributed by atoms with E-state index in [9.17, 15) is 0 Å². The Labute approximate surface area is 188 Å². The third-order valence-corrected chi connectivity index (χ3v) is 6.06. The van der Waals surface area contributed by atoms with Crippen molar-refractivity contribution in [2.45, 2.75) is 26.0 Å². The minimum Gasteiger partial charge on any atom is -0.386 e. The first-order valence-electron chi connectivity index (χ1n) is 10.2. The molecule has 1 aliphatic heterocycles. The van der Waals surface area contributed by atoms with Crippen molar-refractivity contribution < 1.29 is 0 Å². The van der Waals surface area contributed by atoms with Gasteiger partial charge in [-0.25, -0.2) is 0 Å². The van der Waals surface area contributed by atoms with Crippen molar-refractivity contribution in [2.24, 2.45) is 10.4 Å². The summed E-state index contributed by atoms with van der Waals surface area (Å²) in [6.45, 7) is 9.72. The van der Waals surface area contributed by atoms with Crippen molar-refractivity contribution in [3.05, 3.63) is 59.0 Å². The molecule has 3 aromatic rings. The summed E-state index contributed by atoms with van der Waals surface area (Å²) in [7, 11) is 1.95. The summed E-state index contributed by atoms with van der Waals surface area (Å²) in [5.41, 5.74) is 3.74. The molecule has 5 nitrogen and oxygen atoms in total. The highest BCUT2D eigenvalue weighted by molar-refractivity contribution is 8.15. The molecule has 0 saturated carbocycles. The molecule has 1 atom stereocenters. The smallest absolute Gasteiger partial charge is 0.114 e. The van der Waals surface area contributed by atoms with Crippen molar-refractivity contribution in [2.75, 3.05) is 32.0 Å². The summed E-state index contributed by atoms with van der Waals surface area (Å²) in [5, 5.41) is 9.69. The third kappa shape index (κ3) is 6.45. The molecule has 0 aliphatic carbocycles. The molecule has 2 aromatic heterocycles. The number of pyridine rings is 1. The lowest BCUT2D eigenvalue weighted by Gasteiger charge is -2.20. The molecular weight excluding hydrogens is 410 g/mol. The van der Waals surface area contributed by atoms with Crippen LogP contribution in [0.3, 0.4) is 0 Å². The van der Waals surface area contributed by atoms with Gasteiger partial charge in [-0.15, -0.1) is 0 Å². The number of aromatic amines is 2. The number of nitrogens with one attached hydrogen (secondary N) is 4. The second-order valence-electron chi connectivity index (χ2n) is 8.51. The molecule has 0 saturated heterocycles. The number of aliphatic imine (C=N–C) groups is 1. The fraction of sp³-hybridized carbons (Fsp3) is 0.391. The van der Waals surface area contributed by atoms with E-state index in [-0.39, 0.29) is 0 Å². The van der Waals surface area contributed by atoms with E-state index in [0.717, 1.165) is 46.2 Å². The Bertz CT molecular complexity index is 1030. The number of fused-ring (bicyclic) bond motifs is 1. The van der Waals surface area contributed by atoms with Crippen LogP contribution in [0.15, 0.2) is 53.7 Å². The summed E-state index contributed by atoms with van der Waals surface area (Å²) >= 11 is 6.64. The van der Waals surface area contributed by atoms with Crippen LogP contribution in [-0.4, -0.2) is 46.9 Å². The van der Waals surface area contributed by atoms with Gasteiger partial charge in [0.2, 0.25) is 0 Å². The first-order chi connectivity index (χ1) is 14.4. The second kappa shape index (κ2) is 10.3. The summed E-state index contributed by atoms with van der Waals surface area (Å²) in [6.07, 6.45) is 1.81. The van der Waals surface area contributed by atoms with E-state index in [0.29, 0.717) is 10.7 Å². The van der Waals surface area contributed by atoms with Crippen LogP contribution in [0, 0.1) is 10.1 Å². The van der Waals surface area contributed by atoms with Crippen LogP contribution in [-0.2, 0) is 0 Å². The van der Waals surface area contributed by atoms with Crippen molar-refractivity contribution in [1.82, 2.24) is 15.3 Å². The second-order valence-corrected chi connectivity index (χ2v) is 10.2. The van der Waals surface area contributed by atoms with Crippen LogP contribution >= 0.6 is 24.0 Å². The zero-order valence-corrected chi connectivity index (χ0v) is 19.7. The number of thioether (sulfide) groups is 1. The summed E-state index contributed by atoms with van der Waals surface area (Å²) in [5.74, 6) is 0. The standard InChI is InChI=1S/C18H26N4S.C5H5NS/c1-18(2,3)11-20-9-13-10-21-17(23-13)15-8-12-6-5-7-14(19-4)16(12)22-15;7-5-3-1-2-4-6-5/h5-8,13,19-20,22H,9-11H2,1-4H3;1-4H,(H,6,7). The lowest BCUT2D eigenvalue weighted by Crippen LogP contribution is -2.32. The highest BCUT2D eigenvalue weighted by atomic mass is 32.2. The minimum atomic E-state index is 0.327. The Morgan fingerprint density at radius 3 is 2.67 bits per heavy atom. The molecule has 160 valence electrons. The lowest BCUT2D eigenvalue weighted by atomic mass is 9.97. The van der Waals surface area contributed by atoms with Gasteiger partial charge in [0.1, 0.15) is 9.68 Å². The number of aromatic nitrogens is 2. The van der Waals surface area contributed by atoms with E-state index in [1.54, 1.807) is 0 Å². The molecule has 0 radical (unpaired) electrons. The van der Waals surface area contributed by atoms with Gasteiger partial charge < -0.3 is 20.6 Å². The highest BCUT2D eigenvalue weighted by Crippen LogP contribution is 2.29. The monoisotopic (exact) mass is 441 g/mol. The maximum Gasteiger partial charge on any atom is 0.114 e. The predicted molar refractivity (Wildman–Crippen MR) is 135 cm³/mol. The molecular formula is C23H31N5S2. The van der Waals surface area contributed by atoms with E-state index in [4.69, 9.17) is 17.2 Å². The molecule has 3 heterocycles. The Kier molecular flexibility index (Phi) is 7.75. The maximum absolute atomic E-state index is 4.76. The van der Waals surface area contributed by atoms with Gasteiger partial charge in [0.15, 0.2) is 0 Å². The van der Waals surface area contributed by atoms with Crippen LogP contribution in [0.4, 0.5) is 5.69 Å². The summed E-state index contributed by atoms with van der Waals surface area (Å²) < 4.78 is 0.780. The number of nitrogens with zero attached hydrogens (tertiary/aromatic N) is 1. The number of H-pyrrole nitrogens is 2. The largest absolute Gasteiger partial charge is 0.386 e. The SMILES string of the molecule is CNc1cccc2cc(C3=NCC(CNCC(C)(C)C)S3)[nH]c12.S=c1cccc[nH]1. The molecule has 0 amide bonds. The molecule has 0 spiro atoms. The third-order valence-electron chi connectivity index (χ3n) is 4.58. The normalized spacial score (nSPS) is 16.1. The average molecular weight is 442 g/mol. The van der Waals surface area contributed by atoms with Gasteiger partial charge in [0, 0.05) is 37.0 Å². The van der Waals surface area contributed by atoms with Gasteiger partial charge in [-0.05, 0) is 29.7 Å². The molecule has 1 aliphatic rings. The number of rotatable bonds is 5. The fourth-order valence-electron chi connectivity index (χ4n) is 3.14. The summed E-state index contributed by atoms with van der Waals surface area (Å²) in [4.78, 5) is 11.1. The molecule has 4 rings (SSSR count). The van der Waals surface area contributed by atoms with Crippen LogP contribution in [0.5, 0.6) is 0 Å². The Morgan fingerprint density at radius 2 is 2.03 bits per heavy atom. The number of para-hydroxylation sites is 1. The Morgan fingerprint density at radius 1 is 1.20 bits per heavy atom. The quantitative estimate of drug-likeness (QED) is 0.397. The molecule has 1 aromatic carbocycles. The minimum absolute atomic E-state index is 0.327. The first-order valence-corrected chi connectivity index (χ1v) is 11.5. The van der Waals surface area contributed by atoms with Crippen molar-refractivity contribution in [1.29, 1.82) is 0 Å². The number of hydrogen-bond acceptors (Lipinski definition) is 5. The van der Waals surface area contributed by atoms with E-state index in [1.165, 1.54) is 5.39 Å². The lowest BCUT2D eigenvalue weighted by molar-refractivity contribution is 0.381. The Balaban J connectivity index is 0.000000310. The molecule has 7 heteroatoms. The van der Waals surface area contributed by atoms with E-state index < -0.39 is 0 Å². The van der Waals surface area contributed by atoms with Crippen molar-refractivity contribution in [3.63, 3.8) is 0 Å².